The number of halogens is 1. The van der Waals surface area contributed by atoms with E-state index in [1.165, 1.54) is 18.3 Å². The molecule has 0 spiro atoms. The van der Waals surface area contributed by atoms with Crippen molar-refractivity contribution in [3.63, 3.8) is 0 Å². The van der Waals surface area contributed by atoms with Crippen LogP contribution >= 0.6 is 11.8 Å². The van der Waals surface area contributed by atoms with Crippen LogP contribution in [0.4, 0.5) is 4.39 Å². The molecule has 0 fully saturated rings. The molecule has 2 amide bonds. The third-order valence-electron chi connectivity index (χ3n) is 3.15. The first-order valence-electron chi connectivity index (χ1n) is 7.86. The highest BCUT2D eigenvalue weighted by molar-refractivity contribution is 8.14. The number of carbonyl (C=O) groups excluding carboxylic acids is 3. The summed E-state index contributed by atoms with van der Waals surface area (Å²) in [6.45, 7) is 3.35. The molecule has 2 aromatic rings. The van der Waals surface area contributed by atoms with Crippen molar-refractivity contribution in [2.45, 2.75) is 24.8 Å². The number of aromatic nitrogens is 1. The van der Waals surface area contributed by atoms with Gasteiger partial charge < -0.3 is 10.6 Å². The number of thioether (sulfide) groups is 1. The molecule has 0 aliphatic carbocycles. The molecule has 2 rings (SSSR count). The minimum Gasteiger partial charge on any atom is -0.352 e. The van der Waals surface area contributed by atoms with Gasteiger partial charge in [-0.2, -0.15) is 0 Å². The Bertz CT molecular complexity index is 813. The van der Waals surface area contributed by atoms with E-state index in [-0.39, 0.29) is 29.2 Å². The Hall–Kier alpha value is -2.74. The molecule has 1 aromatic carbocycles. The van der Waals surface area contributed by atoms with Gasteiger partial charge in [-0.1, -0.05) is 0 Å². The number of hydrogen-bond donors (Lipinski definition) is 2. The number of pyridine rings is 1. The zero-order chi connectivity index (χ0) is 19.1. The Morgan fingerprint density at radius 3 is 2.65 bits per heavy atom. The monoisotopic (exact) mass is 375 g/mol. The SMILES string of the molecule is CC(C)NC(=O)CNC(=O)c1cc(F)ccc1SC(=O)c1cccnc1. The minimum atomic E-state index is -0.634. The average Bonchev–Trinajstić information content (AvgIpc) is 2.61. The molecule has 0 saturated heterocycles. The van der Waals surface area contributed by atoms with Crippen LogP contribution in [0.3, 0.4) is 0 Å². The van der Waals surface area contributed by atoms with E-state index in [9.17, 15) is 18.8 Å². The number of amides is 2. The predicted octanol–water partition coefficient (Wildman–Crippen LogP) is 2.41. The van der Waals surface area contributed by atoms with Gasteiger partial charge >= 0.3 is 0 Å². The summed E-state index contributed by atoms with van der Waals surface area (Å²) in [5, 5.41) is 4.74. The normalized spacial score (nSPS) is 10.5. The van der Waals surface area contributed by atoms with Crippen LogP contribution in [0, 0.1) is 5.82 Å². The molecule has 0 bridgehead atoms. The zero-order valence-corrected chi connectivity index (χ0v) is 15.1. The van der Waals surface area contributed by atoms with E-state index in [1.54, 1.807) is 32.2 Å². The summed E-state index contributed by atoms with van der Waals surface area (Å²) < 4.78 is 13.6. The van der Waals surface area contributed by atoms with E-state index in [4.69, 9.17) is 0 Å². The molecule has 1 heterocycles. The molecule has 0 radical (unpaired) electrons. The zero-order valence-electron chi connectivity index (χ0n) is 14.3. The van der Waals surface area contributed by atoms with Gasteiger partial charge in [0.05, 0.1) is 12.1 Å². The van der Waals surface area contributed by atoms with Gasteiger partial charge in [0.25, 0.3) is 5.91 Å². The van der Waals surface area contributed by atoms with Crippen LogP contribution in [0.5, 0.6) is 0 Å². The second kappa shape index (κ2) is 9.10. The summed E-state index contributed by atoms with van der Waals surface area (Å²) in [7, 11) is 0. The van der Waals surface area contributed by atoms with Crippen LogP contribution in [-0.2, 0) is 4.79 Å². The fourth-order valence-electron chi connectivity index (χ4n) is 2.04. The van der Waals surface area contributed by atoms with E-state index >= 15 is 0 Å². The van der Waals surface area contributed by atoms with Gasteiger partial charge in [0.1, 0.15) is 5.82 Å². The summed E-state index contributed by atoms with van der Waals surface area (Å²) in [5.74, 6) is -1.60. The molecule has 0 atom stereocenters. The Labute approximate surface area is 154 Å². The second-order valence-electron chi connectivity index (χ2n) is 5.68. The van der Waals surface area contributed by atoms with Crippen molar-refractivity contribution in [3.05, 3.63) is 59.7 Å². The highest BCUT2D eigenvalue weighted by atomic mass is 32.2. The lowest BCUT2D eigenvalue weighted by Gasteiger charge is -2.11. The van der Waals surface area contributed by atoms with Crippen LogP contribution in [0.1, 0.15) is 34.6 Å². The number of hydrogen-bond acceptors (Lipinski definition) is 5. The third-order valence-corrected chi connectivity index (χ3v) is 4.14. The first-order valence-corrected chi connectivity index (χ1v) is 8.68. The Kier molecular flexibility index (Phi) is 6.85. The minimum absolute atomic E-state index is 0.00964. The molecule has 8 heteroatoms. The lowest BCUT2D eigenvalue weighted by molar-refractivity contribution is -0.120. The summed E-state index contributed by atoms with van der Waals surface area (Å²) in [6.07, 6.45) is 2.95. The van der Waals surface area contributed by atoms with Crippen molar-refractivity contribution >= 4 is 28.7 Å². The smallest absolute Gasteiger partial charge is 0.252 e. The third kappa shape index (κ3) is 5.66. The van der Waals surface area contributed by atoms with Crippen molar-refractivity contribution in [2.24, 2.45) is 0 Å². The van der Waals surface area contributed by atoms with Crippen LogP contribution in [0.25, 0.3) is 0 Å². The highest BCUT2D eigenvalue weighted by Gasteiger charge is 2.18. The number of carbonyl (C=O) groups is 3. The summed E-state index contributed by atoms with van der Waals surface area (Å²) in [6, 6.07) is 6.73. The predicted molar refractivity (Wildman–Crippen MR) is 96.4 cm³/mol. The standard InChI is InChI=1S/C18H18FN3O3S/c1-11(2)22-16(23)10-21-17(24)14-8-13(19)5-6-15(14)26-18(25)12-4-3-7-20-9-12/h3-9,11H,10H2,1-2H3,(H,21,24)(H,22,23). The van der Waals surface area contributed by atoms with Crippen LogP contribution in [0.15, 0.2) is 47.6 Å². The highest BCUT2D eigenvalue weighted by Crippen LogP contribution is 2.27. The number of nitrogens with zero attached hydrogens (tertiary/aromatic N) is 1. The Morgan fingerprint density at radius 2 is 2.00 bits per heavy atom. The van der Waals surface area contributed by atoms with Crippen LogP contribution < -0.4 is 10.6 Å². The quantitative estimate of drug-likeness (QED) is 0.757. The van der Waals surface area contributed by atoms with Crippen molar-refractivity contribution in [2.75, 3.05) is 6.54 Å². The van der Waals surface area contributed by atoms with E-state index in [2.05, 4.69) is 15.6 Å². The van der Waals surface area contributed by atoms with E-state index < -0.39 is 11.7 Å². The van der Waals surface area contributed by atoms with Gasteiger partial charge in [-0.05, 0) is 55.9 Å². The fraction of sp³-hybridized carbons (Fsp3) is 0.222. The first kappa shape index (κ1) is 19.6. The van der Waals surface area contributed by atoms with Gasteiger partial charge in [0.15, 0.2) is 0 Å². The van der Waals surface area contributed by atoms with Gasteiger partial charge in [0, 0.05) is 28.9 Å². The largest absolute Gasteiger partial charge is 0.352 e. The molecule has 0 aliphatic heterocycles. The molecule has 6 nitrogen and oxygen atoms in total. The molecular formula is C18H18FN3O3S. The van der Waals surface area contributed by atoms with Crippen molar-refractivity contribution in [3.8, 4) is 0 Å². The van der Waals surface area contributed by atoms with Crippen molar-refractivity contribution < 1.29 is 18.8 Å². The van der Waals surface area contributed by atoms with E-state index in [0.29, 0.717) is 10.5 Å². The maximum absolute atomic E-state index is 13.6. The summed E-state index contributed by atoms with van der Waals surface area (Å²) >= 11 is 0.798. The first-order chi connectivity index (χ1) is 12.4. The van der Waals surface area contributed by atoms with Crippen LogP contribution in [-0.4, -0.2) is 34.5 Å². The Balaban J connectivity index is 2.12. The van der Waals surface area contributed by atoms with Gasteiger partial charge in [-0.25, -0.2) is 4.39 Å². The molecule has 26 heavy (non-hydrogen) atoms. The fourth-order valence-corrected chi connectivity index (χ4v) is 2.88. The van der Waals surface area contributed by atoms with Gasteiger partial charge in [0.2, 0.25) is 11.0 Å². The lowest BCUT2D eigenvalue weighted by Crippen LogP contribution is -2.39. The topological polar surface area (TPSA) is 88.2 Å². The molecule has 0 unspecified atom stereocenters. The van der Waals surface area contributed by atoms with Crippen molar-refractivity contribution in [1.82, 2.24) is 15.6 Å². The maximum atomic E-state index is 13.6. The molecule has 0 aliphatic rings. The molecule has 136 valence electrons. The van der Waals surface area contributed by atoms with Crippen molar-refractivity contribution in [1.29, 1.82) is 0 Å². The second-order valence-corrected chi connectivity index (χ2v) is 6.69. The molecule has 0 saturated carbocycles. The van der Waals surface area contributed by atoms with E-state index in [0.717, 1.165) is 17.8 Å². The molecular weight excluding hydrogens is 357 g/mol. The number of rotatable bonds is 6. The number of benzene rings is 1. The number of nitrogens with one attached hydrogen (secondary N) is 2. The lowest BCUT2D eigenvalue weighted by atomic mass is 10.2. The van der Waals surface area contributed by atoms with Crippen LogP contribution in [0.2, 0.25) is 0 Å². The summed E-state index contributed by atoms with van der Waals surface area (Å²) in [5.41, 5.74) is 0.356. The van der Waals surface area contributed by atoms with E-state index in [1.807, 2.05) is 0 Å². The average molecular weight is 375 g/mol. The molecule has 2 N–H and O–H groups in total. The molecule has 1 aromatic heterocycles. The summed E-state index contributed by atoms with van der Waals surface area (Å²) in [4.78, 5) is 40.4. The maximum Gasteiger partial charge on any atom is 0.252 e. The van der Waals surface area contributed by atoms with Gasteiger partial charge in [-0.3, -0.25) is 19.4 Å². The van der Waals surface area contributed by atoms with Gasteiger partial charge in [-0.15, -0.1) is 0 Å². The Morgan fingerprint density at radius 1 is 1.23 bits per heavy atom.